The summed E-state index contributed by atoms with van der Waals surface area (Å²) in [6.45, 7) is 2.23. The van der Waals surface area contributed by atoms with Crippen molar-refractivity contribution in [3.05, 3.63) is 78.0 Å². The minimum Gasteiger partial charge on any atom is -0.201 e. The van der Waals surface area contributed by atoms with E-state index in [0.29, 0.717) is 0 Å². The van der Waals surface area contributed by atoms with E-state index in [1.165, 1.54) is 65.6 Å². The van der Waals surface area contributed by atoms with E-state index in [0.717, 1.165) is 5.92 Å². The monoisotopic (exact) mass is 342 g/mol. The number of nitrogens with zero attached hydrogens (tertiary/aromatic N) is 1. The van der Waals surface area contributed by atoms with Crippen molar-refractivity contribution in [3.8, 4) is 22.4 Å². The number of aromatic nitrogens is 1. The minimum atomic E-state index is 0.741. The molecule has 1 nitrogen and oxygen atoms in total. The van der Waals surface area contributed by atoms with E-state index in [9.17, 15) is 0 Å². The molecule has 1 aromatic heterocycles. The first-order valence-electron chi connectivity index (χ1n) is 9.88. The predicted octanol–water partition coefficient (Wildman–Crippen LogP) is 6.20. The summed E-state index contributed by atoms with van der Waals surface area (Å²) in [6.07, 6.45) is 9.04. The van der Waals surface area contributed by atoms with Crippen LogP contribution in [-0.4, -0.2) is 0 Å². The van der Waals surface area contributed by atoms with Gasteiger partial charge in [0.05, 0.1) is 0 Å². The summed E-state index contributed by atoms with van der Waals surface area (Å²) >= 11 is 0. The Morgan fingerprint density at radius 3 is 2.35 bits per heavy atom. The Kier molecular flexibility index (Phi) is 4.88. The quantitative estimate of drug-likeness (QED) is 0.499. The second-order valence-corrected chi connectivity index (χ2v) is 7.69. The molecular weight excluding hydrogens is 314 g/mol. The van der Waals surface area contributed by atoms with Crippen LogP contribution in [0.1, 0.15) is 49.1 Å². The fourth-order valence-electron chi connectivity index (χ4n) is 4.25. The first kappa shape index (κ1) is 17.0. The lowest BCUT2D eigenvalue weighted by Crippen LogP contribution is -2.30. The van der Waals surface area contributed by atoms with Gasteiger partial charge in [-0.1, -0.05) is 61.7 Å². The molecule has 0 atom stereocenters. The van der Waals surface area contributed by atoms with Gasteiger partial charge in [0.1, 0.15) is 7.05 Å². The topological polar surface area (TPSA) is 3.88 Å². The van der Waals surface area contributed by atoms with E-state index < -0.39 is 0 Å². The van der Waals surface area contributed by atoms with Gasteiger partial charge >= 0.3 is 0 Å². The summed E-state index contributed by atoms with van der Waals surface area (Å²) in [5.74, 6) is 0.741. The van der Waals surface area contributed by atoms with Crippen molar-refractivity contribution in [2.75, 3.05) is 0 Å². The van der Waals surface area contributed by atoms with Gasteiger partial charge < -0.3 is 0 Å². The van der Waals surface area contributed by atoms with Crippen LogP contribution in [0.4, 0.5) is 0 Å². The minimum absolute atomic E-state index is 0.741. The average Bonchev–Trinajstić information content (AvgIpc) is 2.70. The molecule has 26 heavy (non-hydrogen) atoms. The molecule has 0 N–H and O–H groups in total. The van der Waals surface area contributed by atoms with Crippen molar-refractivity contribution < 1.29 is 4.57 Å². The maximum absolute atomic E-state index is 2.45. The molecule has 1 heterocycles. The number of aryl methyl sites for hydroxylation is 2. The van der Waals surface area contributed by atoms with Crippen LogP contribution in [0.25, 0.3) is 22.4 Å². The molecule has 1 aliphatic rings. The van der Waals surface area contributed by atoms with Crippen LogP contribution in [0.15, 0.2) is 66.9 Å². The molecule has 0 aliphatic heterocycles. The molecule has 0 spiro atoms. The Labute approximate surface area is 157 Å². The molecule has 1 aliphatic carbocycles. The zero-order chi connectivity index (χ0) is 17.9. The van der Waals surface area contributed by atoms with Crippen LogP contribution in [0.5, 0.6) is 0 Å². The SMILES string of the molecule is Cc1ccc(C2CCCCC2)cc1-c1cc(-c2ccccc2)cc[n+]1C. The third-order valence-corrected chi connectivity index (χ3v) is 5.87. The molecule has 0 radical (unpaired) electrons. The van der Waals surface area contributed by atoms with Crippen molar-refractivity contribution in [2.24, 2.45) is 7.05 Å². The van der Waals surface area contributed by atoms with Crippen LogP contribution in [-0.2, 0) is 7.05 Å². The van der Waals surface area contributed by atoms with Gasteiger partial charge in [-0.05, 0) is 54.0 Å². The number of hydrogen-bond acceptors (Lipinski definition) is 0. The lowest BCUT2D eigenvalue weighted by Gasteiger charge is -2.22. The third-order valence-electron chi connectivity index (χ3n) is 5.87. The average molecular weight is 343 g/mol. The Bertz CT molecular complexity index is 889. The smallest absolute Gasteiger partial charge is 0.201 e. The molecule has 0 bridgehead atoms. The van der Waals surface area contributed by atoms with Gasteiger partial charge in [-0.25, -0.2) is 4.57 Å². The fourth-order valence-corrected chi connectivity index (χ4v) is 4.25. The van der Waals surface area contributed by atoms with Gasteiger partial charge in [-0.2, -0.15) is 0 Å². The molecule has 2 aromatic carbocycles. The van der Waals surface area contributed by atoms with E-state index in [-0.39, 0.29) is 0 Å². The van der Waals surface area contributed by atoms with E-state index in [1.54, 1.807) is 0 Å². The molecule has 0 amide bonds. The Hall–Kier alpha value is -2.41. The number of benzene rings is 2. The largest absolute Gasteiger partial charge is 0.213 e. The highest BCUT2D eigenvalue weighted by Gasteiger charge is 2.19. The summed E-state index contributed by atoms with van der Waals surface area (Å²) < 4.78 is 2.25. The van der Waals surface area contributed by atoms with Crippen molar-refractivity contribution >= 4 is 0 Å². The maximum Gasteiger partial charge on any atom is 0.213 e. The fraction of sp³-hybridized carbons (Fsp3) is 0.320. The van der Waals surface area contributed by atoms with Gasteiger partial charge in [-0.15, -0.1) is 0 Å². The first-order chi connectivity index (χ1) is 12.7. The molecule has 1 fully saturated rings. The van der Waals surface area contributed by atoms with E-state index in [1.807, 2.05) is 0 Å². The van der Waals surface area contributed by atoms with Gasteiger partial charge in [0.2, 0.25) is 5.69 Å². The highest BCUT2D eigenvalue weighted by Crippen LogP contribution is 2.35. The summed E-state index contributed by atoms with van der Waals surface area (Å²) in [5, 5.41) is 0. The van der Waals surface area contributed by atoms with Gasteiger partial charge in [-0.3, -0.25) is 0 Å². The second kappa shape index (κ2) is 7.45. The Morgan fingerprint density at radius 2 is 1.58 bits per heavy atom. The van der Waals surface area contributed by atoms with Crippen LogP contribution >= 0.6 is 0 Å². The Balaban J connectivity index is 1.77. The van der Waals surface area contributed by atoms with Crippen LogP contribution < -0.4 is 4.57 Å². The van der Waals surface area contributed by atoms with Crippen LogP contribution in [0.2, 0.25) is 0 Å². The van der Waals surface area contributed by atoms with Crippen molar-refractivity contribution in [2.45, 2.75) is 44.9 Å². The summed E-state index contributed by atoms with van der Waals surface area (Å²) in [4.78, 5) is 0. The molecular formula is C25H28N+. The standard InChI is InChI=1S/C25H28N/c1-19-13-14-22(20-9-5-3-6-10-20)17-24(19)25-18-23(15-16-26(25)2)21-11-7-4-8-12-21/h4,7-8,11-18,20H,3,5-6,9-10H2,1-2H3/q+1. The summed E-state index contributed by atoms with van der Waals surface area (Å²) in [6, 6.07) is 22.3. The highest BCUT2D eigenvalue weighted by atomic mass is 14.9. The van der Waals surface area contributed by atoms with Crippen molar-refractivity contribution in [1.29, 1.82) is 0 Å². The van der Waals surface area contributed by atoms with E-state index in [2.05, 4.69) is 85.4 Å². The Morgan fingerprint density at radius 1 is 0.808 bits per heavy atom. The summed E-state index contributed by atoms with van der Waals surface area (Å²) in [5.41, 5.74) is 8.09. The lowest BCUT2D eigenvalue weighted by molar-refractivity contribution is -0.660. The molecule has 132 valence electrons. The first-order valence-corrected chi connectivity index (χ1v) is 9.88. The molecule has 0 unspecified atom stereocenters. The number of pyridine rings is 1. The van der Waals surface area contributed by atoms with Crippen LogP contribution in [0, 0.1) is 6.92 Å². The molecule has 4 rings (SSSR count). The van der Waals surface area contributed by atoms with E-state index >= 15 is 0 Å². The molecule has 0 saturated heterocycles. The van der Waals surface area contributed by atoms with Crippen molar-refractivity contribution in [3.63, 3.8) is 0 Å². The predicted molar refractivity (Wildman–Crippen MR) is 109 cm³/mol. The zero-order valence-corrected chi connectivity index (χ0v) is 15.9. The third kappa shape index (κ3) is 3.44. The number of hydrogen-bond donors (Lipinski definition) is 0. The van der Waals surface area contributed by atoms with Crippen molar-refractivity contribution in [1.82, 2.24) is 0 Å². The highest BCUT2D eigenvalue weighted by molar-refractivity contribution is 5.70. The summed E-state index contributed by atoms with van der Waals surface area (Å²) in [7, 11) is 2.15. The normalized spacial score (nSPS) is 15.2. The molecule has 3 aromatic rings. The van der Waals surface area contributed by atoms with Crippen LogP contribution in [0.3, 0.4) is 0 Å². The zero-order valence-electron chi connectivity index (χ0n) is 15.9. The lowest BCUT2D eigenvalue weighted by atomic mass is 9.83. The number of rotatable bonds is 3. The molecule has 1 heteroatoms. The van der Waals surface area contributed by atoms with Gasteiger partial charge in [0, 0.05) is 17.7 Å². The maximum atomic E-state index is 2.45. The second-order valence-electron chi connectivity index (χ2n) is 7.69. The van der Waals surface area contributed by atoms with Gasteiger partial charge in [0.15, 0.2) is 6.20 Å². The molecule has 1 saturated carbocycles. The van der Waals surface area contributed by atoms with E-state index in [4.69, 9.17) is 0 Å². The van der Waals surface area contributed by atoms with Gasteiger partial charge in [0.25, 0.3) is 0 Å².